The smallest absolute Gasteiger partial charge is 0.187 e. The molecule has 17 heavy (non-hydrogen) atoms. The van der Waals surface area contributed by atoms with Crippen LogP contribution >= 0.6 is 12.2 Å². The first-order chi connectivity index (χ1) is 8.22. The number of rotatable bonds is 5. The number of methoxy groups -OCH3 is 1. The van der Waals surface area contributed by atoms with E-state index in [-0.39, 0.29) is 0 Å². The molecule has 0 radical (unpaired) electrons. The van der Waals surface area contributed by atoms with Gasteiger partial charge < -0.3 is 10.1 Å². The van der Waals surface area contributed by atoms with E-state index in [0.717, 1.165) is 5.56 Å². The largest absolute Gasteiger partial charge is 0.383 e. The maximum Gasteiger partial charge on any atom is 0.187 e. The number of nitrogens with zero attached hydrogens (tertiary/aromatic N) is 1. The highest BCUT2D eigenvalue weighted by atomic mass is 32.1. The van der Waals surface area contributed by atoms with Gasteiger partial charge in [-0.1, -0.05) is 29.8 Å². The highest BCUT2D eigenvalue weighted by molar-refractivity contribution is 7.80. The van der Waals surface area contributed by atoms with Gasteiger partial charge in [-0.05, 0) is 24.7 Å². The van der Waals surface area contributed by atoms with E-state index in [1.54, 1.807) is 13.3 Å². The van der Waals surface area contributed by atoms with Crippen LogP contribution in [0.4, 0.5) is 0 Å². The average molecular weight is 251 g/mol. The third kappa shape index (κ3) is 5.99. The Labute approximate surface area is 107 Å². The number of nitrogens with one attached hydrogen (secondary N) is 2. The van der Waals surface area contributed by atoms with Crippen LogP contribution in [0.3, 0.4) is 0 Å². The molecular formula is C12H17N3OS. The molecule has 0 fully saturated rings. The van der Waals surface area contributed by atoms with Crippen LogP contribution in [-0.4, -0.2) is 31.6 Å². The van der Waals surface area contributed by atoms with Crippen molar-refractivity contribution >= 4 is 23.5 Å². The lowest BCUT2D eigenvalue weighted by Crippen LogP contribution is -2.34. The van der Waals surface area contributed by atoms with Crippen molar-refractivity contribution in [2.24, 2.45) is 5.10 Å². The zero-order valence-corrected chi connectivity index (χ0v) is 10.9. The van der Waals surface area contributed by atoms with Crippen molar-refractivity contribution in [2.45, 2.75) is 6.92 Å². The Balaban J connectivity index is 2.29. The van der Waals surface area contributed by atoms with Gasteiger partial charge in [-0.2, -0.15) is 5.10 Å². The van der Waals surface area contributed by atoms with E-state index in [0.29, 0.717) is 18.3 Å². The van der Waals surface area contributed by atoms with Gasteiger partial charge in [0.05, 0.1) is 12.8 Å². The van der Waals surface area contributed by atoms with Crippen LogP contribution in [0.2, 0.25) is 0 Å². The summed E-state index contributed by atoms with van der Waals surface area (Å²) in [5, 5.41) is 7.48. The van der Waals surface area contributed by atoms with Gasteiger partial charge in [0.15, 0.2) is 5.11 Å². The van der Waals surface area contributed by atoms with Gasteiger partial charge in [-0.15, -0.1) is 0 Å². The molecular weight excluding hydrogens is 234 g/mol. The van der Waals surface area contributed by atoms with Gasteiger partial charge in [-0.3, -0.25) is 5.43 Å². The Bertz CT molecular complexity index is 376. The molecule has 1 rings (SSSR count). The molecule has 2 N–H and O–H groups in total. The third-order valence-corrected chi connectivity index (χ3v) is 2.28. The molecule has 0 saturated heterocycles. The Morgan fingerprint density at radius 2 is 2.12 bits per heavy atom. The van der Waals surface area contributed by atoms with Crippen molar-refractivity contribution in [1.29, 1.82) is 0 Å². The van der Waals surface area contributed by atoms with Crippen LogP contribution in [0.1, 0.15) is 11.1 Å². The van der Waals surface area contributed by atoms with Crippen molar-refractivity contribution in [3.63, 3.8) is 0 Å². The molecule has 0 aliphatic rings. The zero-order valence-electron chi connectivity index (χ0n) is 10.1. The van der Waals surface area contributed by atoms with E-state index in [2.05, 4.69) is 15.8 Å². The molecule has 0 bridgehead atoms. The van der Waals surface area contributed by atoms with Crippen LogP contribution in [0.15, 0.2) is 29.4 Å². The lowest BCUT2D eigenvalue weighted by Gasteiger charge is -2.05. The third-order valence-electron chi connectivity index (χ3n) is 2.05. The molecule has 0 atom stereocenters. The standard InChI is InChI=1S/C12H17N3OS/c1-10-3-5-11(6-4-10)9-14-15-12(17)13-7-8-16-2/h3-6,9H,7-8H2,1-2H3,(H2,13,15,17)/b14-9+. The normalized spacial score (nSPS) is 10.5. The number of benzene rings is 1. The fourth-order valence-electron chi connectivity index (χ4n) is 1.12. The Morgan fingerprint density at radius 3 is 2.76 bits per heavy atom. The lowest BCUT2D eigenvalue weighted by atomic mass is 10.2. The molecule has 0 aliphatic carbocycles. The van der Waals surface area contributed by atoms with Crippen LogP contribution in [0.25, 0.3) is 0 Å². The van der Waals surface area contributed by atoms with E-state index in [4.69, 9.17) is 17.0 Å². The summed E-state index contributed by atoms with van der Waals surface area (Å²) in [7, 11) is 1.65. The Morgan fingerprint density at radius 1 is 1.41 bits per heavy atom. The minimum absolute atomic E-state index is 0.491. The van der Waals surface area contributed by atoms with Gasteiger partial charge in [0.25, 0.3) is 0 Å². The first-order valence-corrected chi connectivity index (χ1v) is 5.75. The number of hydrazone groups is 1. The highest BCUT2D eigenvalue weighted by Crippen LogP contribution is 1.99. The van der Waals surface area contributed by atoms with Crippen molar-refractivity contribution in [3.8, 4) is 0 Å². The molecule has 0 aliphatic heterocycles. The first kappa shape index (κ1) is 13.6. The molecule has 92 valence electrons. The average Bonchev–Trinajstić information content (AvgIpc) is 2.32. The molecule has 0 heterocycles. The van der Waals surface area contributed by atoms with E-state index >= 15 is 0 Å². The maximum atomic E-state index is 5.01. The summed E-state index contributed by atoms with van der Waals surface area (Å²) in [5.41, 5.74) is 5.00. The van der Waals surface area contributed by atoms with Crippen LogP contribution in [0, 0.1) is 6.92 Å². The van der Waals surface area contributed by atoms with Gasteiger partial charge in [0.1, 0.15) is 0 Å². The predicted octanol–water partition coefficient (Wildman–Crippen LogP) is 1.44. The summed E-state index contributed by atoms with van der Waals surface area (Å²) in [4.78, 5) is 0. The summed E-state index contributed by atoms with van der Waals surface area (Å²) >= 11 is 5.01. The molecule has 0 saturated carbocycles. The molecule has 5 heteroatoms. The van der Waals surface area contributed by atoms with Crippen molar-refractivity contribution < 1.29 is 4.74 Å². The van der Waals surface area contributed by atoms with Gasteiger partial charge in [0, 0.05) is 13.7 Å². The second-order valence-corrected chi connectivity index (χ2v) is 3.94. The molecule has 0 amide bonds. The molecule has 0 unspecified atom stereocenters. The molecule has 0 spiro atoms. The SMILES string of the molecule is COCCNC(=S)N/N=C/c1ccc(C)cc1. The Hall–Kier alpha value is -1.46. The minimum Gasteiger partial charge on any atom is -0.383 e. The quantitative estimate of drug-likeness (QED) is 0.360. The second-order valence-electron chi connectivity index (χ2n) is 3.53. The number of hydrogen-bond acceptors (Lipinski definition) is 3. The molecule has 1 aromatic carbocycles. The van der Waals surface area contributed by atoms with E-state index < -0.39 is 0 Å². The van der Waals surface area contributed by atoms with Crippen molar-refractivity contribution in [1.82, 2.24) is 10.7 Å². The van der Waals surface area contributed by atoms with E-state index in [1.165, 1.54) is 5.56 Å². The first-order valence-electron chi connectivity index (χ1n) is 5.35. The summed E-state index contributed by atoms with van der Waals surface area (Å²) < 4.78 is 4.89. The minimum atomic E-state index is 0.491. The fraction of sp³-hybridized carbons (Fsp3) is 0.333. The van der Waals surface area contributed by atoms with E-state index in [9.17, 15) is 0 Å². The zero-order chi connectivity index (χ0) is 12.5. The Kier molecular flexibility index (Phi) is 6.21. The number of thiocarbonyl (C=S) groups is 1. The van der Waals surface area contributed by atoms with Gasteiger partial charge >= 0.3 is 0 Å². The fourth-order valence-corrected chi connectivity index (χ4v) is 1.28. The van der Waals surface area contributed by atoms with Crippen LogP contribution in [-0.2, 0) is 4.74 Å². The molecule has 1 aromatic rings. The second kappa shape index (κ2) is 7.76. The van der Waals surface area contributed by atoms with Crippen LogP contribution < -0.4 is 10.7 Å². The van der Waals surface area contributed by atoms with E-state index in [1.807, 2.05) is 31.2 Å². The molecule has 4 nitrogen and oxygen atoms in total. The molecule has 0 aromatic heterocycles. The monoisotopic (exact) mass is 251 g/mol. The number of aryl methyl sites for hydroxylation is 1. The summed E-state index contributed by atoms with van der Waals surface area (Å²) in [6, 6.07) is 8.08. The van der Waals surface area contributed by atoms with Crippen molar-refractivity contribution in [3.05, 3.63) is 35.4 Å². The maximum absolute atomic E-state index is 5.01. The number of hydrogen-bond donors (Lipinski definition) is 2. The van der Waals surface area contributed by atoms with Gasteiger partial charge in [-0.25, -0.2) is 0 Å². The summed E-state index contributed by atoms with van der Waals surface area (Å²) in [6.07, 6.45) is 1.73. The summed E-state index contributed by atoms with van der Waals surface area (Å²) in [5.74, 6) is 0. The van der Waals surface area contributed by atoms with Crippen LogP contribution in [0.5, 0.6) is 0 Å². The van der Waals surface area contributed by atoms with Gasteiger partial charge in [0.2, 0.25) is 0 Å². The lowest BCUT2D eigenvalue weighted by molar-refractivity contribution is 0.204. The summed E-state index contributed by atoms with van der Waals surface area (Å²) in [6.45, 7) is 3.33. The number of ether oxygens (including phenoxy) is 1. The topological polar surface area (TPSA) is 45.6 Å². The highest BCUT2D eigenvalue weighted by Gasteiger charge is 1.91. The van der Waals surface area contributed by atoms with Crippen molar-refractivity contribution in [2.75, 3.05) is 20.3 Å². The predicted molar refractivity (Wildman–Crippen MR) is 74.4 cm³/mol.